The number of primary amides is 1. The van der Waals surface area contributed by atoms with Gasteiger partial charge in [-0.2, -0.15) is 0 Å². The van der Waals surface area contributed by atoms with Crippen LogP contribution in [0.25, 0.3) is 10.4 Å². The highest BCUT2D eigenvalue weighted by Crippen LogP contribution is 2.40. The lowest BCUT2D eigenvalue weighted by atomic mass is 9.86. The molecule has 2 N–H and O–H groups in total. The highest BCUT2D eigenvalue weighted by atomic mass is 32.1. The van der Waals surface area contributed by atoms with Crippen LogP contribution in [0.15, 0.2) is 30.3 Å². The summed E-state index contributed by atoms with van der Waals surface area (Å²) < 4.78 is 0. The molecule has 0 unspecified atom stereocenters. The monoisotopic (exact) mass is 286 g/mol. The first-order valence-corrected chi connectivity index (χ1v) is 7.93. The van der Waals surface area contributed by atoms with E-state index in [4.69, 9.17) is 5.73 Å². The molecule has 0 bridgehead atoms. The van der Waals surface area contributed by atoms with Gasteiger partial charge in [-0.25, -0.2) is 4.98 Å². The summed E-state index contributed by atoms with van der Waals surface area (Å²) in [5, 5.41) is 0.435. The lowest BCUT2D eigenvalue weighted by Crippen LogP contribution is -2.11. The summed E-state index contributed by atoms with van der Waals surface area (Å²) in [5.41, 5.74) is 7.63. The Morgan fingerprint density at radius 1 is 1.15 bits per heavy atom. The summed E-state index contributed by atoms with van der Waals surface area (Å²) in [5.74, 6) is 0.0533. The number of carbonyl (C=O) groups is 1. The first kappa shape index (κ1) is 13.3. The number of carbonyl (C=O) groups excluding carboxylic acids is 1. The summed E-state index contributed by atoms with van der Waals surface area (Å²) in [7, 11) is 0. The van der Waals surface area contributed by atoms with Crippen molar-refractivity contribution in [3.05, 3.63) is 41.0 Å². The summed E-state index contributed by atoms with van der Waals surface area (Å²) in [6.45, 7) is 0. The van der Waals surface area contributed by atoms with E-state index in [0.29, 0.717) is 10.9 Å². The van der Waals surface area contributed by atoms with Gasteiger partial charge in [-0.3, -0.25) is 4.79 Å². The predicted octanol–water partition coefficient (Wildman–Crippen LogP) is 3.96. The van der Waals surface area contributed by atoms with Gasteiger partial charge in [-0.05, 0) is 18.4 Å². The van der Waals surface area contributed by atoms with Crippen molar-refractivity contribution in [3.63, 3.8) is 0 Å². The second-order valence-corrected chi connectivity index (χ2v) is 6.30. The summed E-state index contributed by atoms with van der Waals surface area (Å²) in [4.78, 5) is 17.1. The lowest BCUT2D eigenvalue weighted by Gasteiger charge is -2.21. The molecule has 4 heteroatoms. The van der Waals surface area contributed by atoms with Crippen LogP contribution in [-0.2, 0) is 0 Å². The maximum Gasteiger partial charge on any atom is 0.277 e. The van der Waals surface area contributed by atoms with Gasteiger partial charge in [0.15, 0.2) is 5.01 Å². The zero-order valence-corrected chi connectivity index (χ0v) is 12.2. The average Bonchev–Trinajstić information content (AvgIpc) is 2.94. The van der Waals surface area contributed by atoms with Crippen molar-refractivity contribution in [2.45, 2.75) is 38.0 Å². The molecule has 0 aliphatic heterocycles. The van der Waals surface area contributed by atoms with Gasteiger partial charge in [-0.1, -0.05) is 49.6 Å². The fraction of sp³-hybridized carbons (Fsp3) is 0.375. The molecule has 1 fully saturated rings. The first-order chi connectivity index (χ1) is 9.75. The van der Waals surface area contributed by atoms with Gasteiger partial charge in [0.05, 0.1) is 10.6 Å². The van der Waals surface area contributed by atoms with E-state index < -0.39 is 5.91 Å². The molecule has 0 saturated heterocycles. The van der Waals surface area contributed by atoms with E-state index in [1.807, 2.05) is 18.2 Å². The average molecular weight is 286 g/mol. The third kappa shape index (κ3) is 2.61. The normalized spacial score (nSPS) is 16.2. The smallest absolute Gasteiger partial charge is 0.277 e. The minimum atomic E-state index is -0.422. The van der Waals surface area contributed by atoms with Crippen LogP contribution >= 0.6 is 11.3 Å². The van der Waals surface area contributed by atoms with Crippen LogP contribution in [0.4, 0.5) is 0 Å². The fourth-order valence-corrected chi connectivity index (χ4v) is 3.90. The maximum absolute atomic E-state index is 11.5. The molecule has 104 valence electrons. The summed E-state index contributed by atoms with van der Waals surface area (Å²) in [6.07, 6.45) is 6.15. The molecule has 1 aliphatic rings. The molecule has 1 aromatic carbocycles. The molecular formula is C16H18N2OS. The van der Waals surface area contributed by atoms with Crippen molar-refractivity contribution in [2.75, 3.05) is 0 Å². The molecule has 2 aromatic rings. The van der Waals surface area contributed by atoms with Crippen LogP contribution in [-0.4, -0.2) is 10.9 Å². The van der Waals surface area contributed by atoms with E-state index in [1.54, 1.807) is 0 Å². The number of benzene rings is 1. The molecular weight excluding hydrogens is 268 g/mol. The van der Waals surface area contributed by atoms with Gasteiger partial charge >= 0.3 is 0 Å². The molecule has 0 spiro atoms. The van der Waals surface area contributed by atoms with Crippen molar-refractivity contribution in [1.29, 1.82) is 0 Å². The molecule has 1 saturated carbocycles. The van der Waals surface area contributed by atoms with E-state index in [-0.39, 0.29) is 0 Å². The van der Waals surface area contributed by atoms with E-state index in [0.717, 1.165) is 16.1 Å². The van der Waals surface area contributed by atoms with Gasteiger partial charge in [0.25, 0.3) is 5.91 Å². The Kier molecular flexibility index (Phi) is 3.83. The molecule has 1 aromatic heterocycles. The van der Waals surface area contributed by atoms with Crippen LogP contribution in [0.1, 0.15) is 53.5 Å². The first-order valence-electron chi connectivity index (χ1n) is 7.11. The Morgan fingerprint density at radius 3 is 2.50 bits per heavy atom. The van der Waals surface area contributed by atoms with Gasteiger partial charge < -0.3 is 5.73 Å². The minimum absolute atomic E-state index is 0.422. The number of nitrogens with zero attached hydrogens (tertiary/aromatic N) is 1. The zero-order chi connectivity index (χ0) is 13.9. The molecule has 0 atom stereocenters. The van der Waals surface area contributed by atoms with E-state index in [9.17, 15) is 4.79 Å². The van der Waals surface area contributed by atoms with Crippen molar-refractivity contribution in [3.8, 4) is 10.4 Å². The molecule has 3 rings (SSSR count). The molecule has 0 radical (unpaired) electrons. The Bertz CT molecular complexity index is 600. The van der Waals surface area contributed by atoms with Crippen molar-refractivity contribution < 1.29 is 4.79 Å². The largest absolute Gasteiger partial charge is 0.364 e. The van der Waals surface area contributed by atoms with Crippen molar-refractivity contribution >= 4 is 17.2 Å². The number of nitrogens with two attached hydrogens (primary N) is 1. The van der Waals surface area contributed by atoms with Crippen LogP contribution < -0.4 is 5.73 Å². The number of hydrogen-bond acceptors (Lipinski definition) is 3. The fourth-order valence-electron chi connectivity index (χ4n) is 2.89. The zero-order valence-electron chi connectivity index (χ0n) is 11.3. The van der Waals surface area contributed by atoms with Gasteiger partial charge in [0.2, 0.25) is 0 Å². The maximum atomic E-state index is 11.5. The van der Waals surface area contributed by atoms with E-state index in [1.165, 1.54) is 43.4 Å². The lowest BCUT2D eigenvalue weighted by molar-refractivity contribution is 0.0999. The van der Waals surface area contributed by atoms with Gasteiger partial charge in [0.1, 0.15) is 0 Å². The third-order valence-electron chi connectivity index (χ3n) is 3.89. The highest BCUT2D eigenvalue weighted by molar-refractivity contribution is 7.17. The standard InChI is InChI=1S/C16H18N2OS/c17-15(19)16-18-13(11-7-3-1-4-8-11)14(20-16)12-9-5-2-6-10-12/h2,5-6,9-11H,1,3-4,7-8H2,(H2,17,19). The topological polar surface area (TPSA) is 56.0 Å². The number of aromatic nitrogens is 1. The SMILES string of the molecule is NC(=O)c1nc(C2CCCCC2)c(-c2ccccc2)s1. The number of rotatable bonds is 3. The van der Waals surface area contributed by atoms with Crippen LogP contribution in [0.5, 0.6) is 0 Å². The van der Waals surface area contributed by atoms with Crippen LogP contribution in [0.2, 0.25) is 0 Å². The Labute approximate surface area is 122 Å². The minimum Gasteiger partial charge on any atom is -0.364 e. The second kappa shape index (κ2) is 5.75. The van der Waals surface area contributed by atoms with Gasteiger partial charge in [-0.15, -0.1) is 11.3 Å². The Balaban J connectivity index is 2.04. The molecule has 1 heterocycles. The number of hydrogen-bond donors (Lipinski definition) is 1. The van der Waals surface area contributed by atoms with Crippen LogP contribution in [0, 0.1) is 0 Å². The predicted molar refractivity (Wildman–Crippen MR) is 81.9 cm³/mol. The third-order valence-corrected chi connectivity index (χ3v) is 5.03. The summed E-state index contributed by atoms with van der Waals surface area (Å²) >= 11 is 1.43. The van der Waals surface area contributed by atoms with Crippen molar-refractivity contribution in [2.24, 2.45) is 5.73 Å². The van der Waals surface area contributed by atoms with E-state index >= 15 is 0 Å². The number of thiazole rings is 1. The quantitative estimate of drug-likeness (QED) is 0.928. The summed E-state index contributed by atoms with van der Waals surface area (Å²) in [6, 6.07) is 10.2. The van der Waals surface area contributed by atoms with Gasteiger partial charge in [0, 0.05) is 5.92 Å². The van der Waals surface area contributed by atoms with Crippen molar-refractivity contribution in [1.82, 2.24) is 4.98 Å². The Hall–Kier alpha value is -1.68. The molecule has 20 heavy (non-hydrogen) atoms. The second-order valence-electron chi connectivity index (χ2n) is 5.30. The molecule has 1 amide bonds. The molecule has 3 nitrogen and oxygen atoms in total. The highest BCUT2D eigenvalue weighted by Gasteiger charge is 2.24. The molecule has 1 aliphatic carbocycles. The van der Waals surface area contributed by atoms with Crippen LogP contribution in [0.3, 0.4) is 0 Å². The number of amides is 1. The Morgan fingerprint density at radius 2 is 1.85 bits per heavy atom. The van der Waals surface area contributed by atoms with E-state index in [2.05, 4.69) is 17.1 Å².